The molecule has 7 heteroatoms. The molecule has 1 aromatic rings. The van der Waals surface area contributed by atoms with Crippen LogP contribution in [0.4, 0.5) is 14.5 Å². The highest BCUT2D eigenvalue weighted by Crippen LogP contribution is 2.29. The molecule has 2 aliphatic heterocycles. The Labute approximate surface area is 178 Å². The molecule has 0 aromatic heterocycles. The van der Waals surface area contributed by atoms with Crippen molar-refractivity contribution < 1.29 is 8.78 Å². The fourth-order valence-corrected chi connectivity index (χ4v) is 3.83. The Hall–Kier alpha value is -1.12. The molecule has 1 unspecified atom stereocenters. The molecule has 0 aliphatic carbocycles. The van der Waals surface area contributed by atoms with Crippen molar-refractivity contribution in [3.8, 4) is 0 Å². The molecule has 0 amide bonds. The molecule has 0 spiro atoms. The van der Waals surface area contributed by atoms with Crippen LogP contribution in [-0.4, -0.2) is 50.1 Å². The predicted molar refractivity (Wildman–Crippen MR) is 118 cm³/mol. The average Bonchev–Trinajstić information content (AvgIpc) is 3.20. The maximum Gasteiger partial charge on any atom is 0.193 e. The number of anilines is 1. The normalized spacial score (nSPS) is 22.1. The third-order valence-corrected chi connectivity index (χ3v) is 5.37. The Morgan fingerprint density at radius 1 is 1.26 bits per heavy atom. The summed E-state index contributed by atoms with van der Waals surface area (Å²) in [6.07, 6.45) is 2.21. The van der Waals surface area contributed by atoms with E-state index >= 15 is 0 Å². The van der Waals surface area contributed by atoms with Gasteiger partial charge in [-0.05, 0) is 43.2 Å². The second-order valence-corrected chi connectivity index (χ2v) is 8.23. The minimum absolute atomic E-state index is 0. The summed E-state index contributed by atoms with van der Waals surface area (Å²) in [6.45, 7) is 12.1. The molecule has 152 valence electrons. The standard InChI is InChI=1S/C20H30F2N4.HI/c1-4-23-19(26-10-8-20(2,3)14-26)24-12-15-7-9-25(13-15)16-5-6-17(21)18(22)11-16;/h5-6,11,15H,4,7-10,12-14H2,1-3H3,(H,23,24);1H. The van der Waals surface area contributed by atoms with Gasteiger partial charge in [-0.1, -0.05) is 13.8 Å². The summed E-state index contributed by atoms with van der Waals surface area (Å²) >= 11 is 0. The fourth-order valence-electron chi connectivity index (χ4n) is 3.83. The molecule has 0 radical (unpaired) electrons. The molecule has 3 rings (SSSR count). The van der Waals surface area contributed by atoms with E-state index in [1.165, 1.54) is 18.6 Å². The van der Waals surface area contributed by atoms with Gasteiger partial charge in [-0.15, -0.1) is 24.0 Å². The number of halogens is 3. The highest BCUT2D eigenvalue weighted by Gasteiger charge is 2.31. The molecule has 2 heterocycles. The summed E-state index contributed by atoms with van der Waals surface area (Å²) in [5.41, 5.74) is 1.09. The Kier molecular flexibility index (Phi) is 7.71. The molecular formula is C20H31F2IN4. The lowest BCUT2D eigenvalue weighted by Gasteiger charge is -2.24. The van der Waals surface area contributed by atoms with Gasteiger partial charge in [-0.2, -0.15) is 0 Å². The summed E-state index contributed by atoms with van der Waals surface area (Å²) in [4.78, 5) is 9.35. The van der Waals surface area contributed by atoms with Crippen LogP contribution < -0.4 is 10.2 Å². The molecule has 1 aromatic carbocycles. The van der Waals surface area contributed by atoms with Gasteiger partial charge in [0.2, 0.25) is 0 Å². The first-order valence-electron chi connectivity index (χ1n) is 9.61. The van der Waals surface area contributed by atoms with Gasteiger partial charge in [0.1, 0.15) is 0 Å². The molecule has 1 atom stereocenters. The van der Waals surface area contributed by atoms with Crippen LogP contribution in [0.5, 0.6) is 0 Å². The van der Waals surface area contributed by atoms with Crippen LogP contribution in [0, 0.1) is 23.0 Å². The zero-order valence-corrected chi connectivity index (χ0v) is 18.8. The SMILES string of the molecule is CCNC(=NCC1CCN(c2ccc(F)c(F)c2)C1)N1CCC(C)(C)C1.I. The summed E-state index contributed by atoms with van der Waals surface area (Å²) < 4.78 is 26.6. The lowest BCUT2D eigenvalue weighted by Crippen LogP contribution is -2.41. The van der Waals surface area contributed by atoms with Crippen molar-refractivity contribution in [3.63, 3.8) is 0 Å². The third kappa shape index (κ3) is 5.68. The Bertz CT molecular complexity index is 665. The number of hydrogen-bond acceptors (Lipinski definition) is 2. The van der Waals surface area contributed by atoms with Crippen LogP contribution in [-0.2, 0) is 0 Å². The van der Waals surface area contributed by atoms with E-state index in [0.717, 1.165) is 57.3 Å². The van der Waals surface area contributed by atoms with Gasteiger partial charge in [0.05, 0.1) is 0 Å². The van der Waals surface area contributed by atoms with Gasteiger partial charge in [-0.25, -0.2) is 8.78 Å². The van der Waals surface area contributed by atoms with Crippen molar-refractivity contribution in [1.29, 1.82) is 0 Å². The smallest absolute Gasteiger partial charge is 0.193 e. The highest BCUT2D eigenvalue weighted by atomic mass is 127. The van der Waals surface area contributed by atoms with Crippen LogP contribution in [0.1, 0.15) is 33.6 Å². The van der Waals surface area contributed by atoms with Crippen molar-refractivity contribution in [2.24, 2.45) is 16.3 Å². The van der Waals surface area contributed by atoms with Crippen molar-refractivity contribution >= 4 is 35.6 Å². The second kappa shape index (κ2) is 9.39. The van der Waals surface area contributed by atoms with E-state index in [1.54, 1.807) is 6.07 Å². The molecule has 0 bridgehead atoms. The van der Waals surface area contributed by atoms with Crippen molar-refractivity contribution in [3.05, 3.63) is 29.8 Å². The minimum atomic E-state index is -0.794. The summed E-state index contributed by atoms with van der Waals surface area (Å²) in [6, 6.07) is 4.15. The largest absolute Gasteiger partial charge is 0.371 e. The van der Waals surface area contributed by atoms with Crippen molar-refractivity contribution in [2.45, 2.75) is 33.6 Å². The van der Waals surface area contributed by atoms with Gasteiger partial charge in [0.15, 0.2) is 17.6 Å². The van der Waals surface area contributed by atoms with E-state index in [4.69, 9.17) is 4.99 Å². The molecule has 2 saturated heterocycles. The van der Waals surface area contributed by atoms with E-state index in [9.17, 15) is 8.78 Å². The highest BCUT2D eigenvalue weighted by molar-refractivity contribution is 14.0. The van der Waals surface area contributed by atoms with E-state index in [0.29, 0.717) is 11.3 Å². The molecule has 27 heavy (non-hydrogen) atoms. The monoisotopic (exact) mass is 492 g/mol. The van der Waals surface area contributed by atoms with Gasteiger partial charge in [0.25, 0.3) is 0 Å². The topological polar surface area (TPSA) is 30.9 Å². The lowest BCUT2D eigenvalue weighted by atomic mass is 9.93. The first-order chi connectivity index (χ1) is 12.4. The number of likely N-dealkylation sites (tertiary alicyclic amines) is 1. The van der Waals surface area contributed by atoms with Gasteiger partial charge in [-0.3, -0.25) is 4.99 Å². The quantitative estimate of drug-likeness (QED) is 0.390. The number of guanidine groups is 1. The fraction of sp³-hybridized carbons (Fsp3) is 0.650. The molecule has 0 saturated carbocycles. The minimum Gasteiger partial charge on any atom is -0.371 e. The summed E-state index contributed by atoms with van der Waals surface area (Å²) in [5.74, 6) is -0.135. The van der Waals surface area contributed by atoms with Gasteiger partial charge < -0.3 is 15.1 Å². The lowest BCUT2D eigenvalue weighted by molar-refractivity contribution is 0.369. The number of benzene rings is 1. The molecule has 4 nitrogen and oxygen atoms in total. The van der Waals surface area contributed by atoms with Crippen molar-refractivity contribution in [2.75, 3.05) is 44.2 Å². The van der Waals surface area contributed by atoms with Crippen LogP contribution >= 0.6 is 24.0 Å². The van der Waals surface area contributed by atoms with Gasteiger partial charge >= 0.3 is 0 Å². The second-order valence-electron chi connectivity index (χ2n) is 8.23. The van der Waals surface area contributed by atoms with Gasteiger partial charge in [0, 0.05) is 51.0 Å². The maximum absolute atomic E-state index is 13.5. The molecule has 2 fully saturated rings. The predicted octanol–water partition coefficient (Wildman–Crippen LogP) is 4.11. The third-order valence-electron chi connectivity index (χ3n) is 5.37. The molecule has 2 aliphatic rings. The molecular weight excluding hydrogens is 461 g/mol. The van der Waals surface area contributed by atoms with Crippen molar-refractivity contribution in [1.82, 2.24) is 10.2 Å². The molecule has 1 N–H and O–H groups in total. The first kappa shape index (κ1) is 22.2. The Morgan fingerprint density at radius 3 is 2.67 bits per heavy atom. The summed E-state index contributed by atoms with van der Waals surface area (Å²) in [5, 5.41) is 3.41. The average molecular weight is 492 g/mol. The van der Waals surface area contributed by atoms with Crippen LogP contribution in [0.25, 0.3) is 0 Å². The Balaban J connectivity index is 0.00000261. The van der Waals surface area contributed by atoms with Crippen LogP contribution in [0.3, 0.4) is 0 Å². The number of nitrogens with zero attached hydrogens (tertiary/aromatic N) is 3. The number of hydrogen-bond donors (Lipinski definition) is 1. The van der Waals surface area contributed by atoms with E-state index in [1.807, 2.05) is 0 Å². The number of nitrogens with one attached hydrogen (secondary N) is 1. The summed E-state index contributed by atoms with van der Waals surface area (Å²) in [7, 11) is 0. The Morgan fingerprint density at radius 2 is 2.04 bits per heavy atom. The zero-order chi connectivity index (χ0) is 18.7. The van der Waals surface area contributed by atoms with E-state index in [-0.39, 0.29) is 24.0 Å². The number of rotatable bonds is 4. The van der Waals surface area contributed by atoms with E-state index < -0.39 is 11.6 Å². The van der Waals surface area contributed by atoms with E-state index in [2.05, 4.69) is 35.9 Å². The maximum atomic E-state index is 13.5. The zero-order valence-electron chi connectivity index (χ0n) is 16.5. The van der Waals surface area contributed by atoms with Crippen LogP contribution in [0.15, 0.2) is 23.2 Å². The first-order valence-corrected chi connectivity index (χ1v) is 9.61. The number of aliphatic imine (C=N–C) groups is 1. The van der Waals surface area contributed by atoms with Crippen LogP contribution in [0.2, 0.25) is 0 Å².